The van der Waals surface area contributed by atoms with Crippen LogP contribution in [0.25, 0.3) is 10.9 Å². The van der Waals surface area contributed by atoms with Gasteiger partial charge in [0.1, 0.15) is 4.90 Å². The molecule has 1 aromatic heterocycles. The summed E-state index contributed by atoms with van der Waals surface area (Å²) in [4.78, 5) is 7.35. The van der Waals surface area contributed by atoms with Crippen LogP contribution >= 0.6 is 0 Å². The summed E-state index contributed by atoms with van der Waals surface area (Å²) in [7, 11) is -3.52. The van der Waals surface area contributed by atoms with E-state index in [1.165, 1.54) is 32.1 Å². The predicted molar refractivity (Wildman–Crippen MR) is 113 cm³/mol. The van der Waals surface area contributed by atoms with Crippen LogP contribution in [-0.2, 0) is 10.0 Å². The lowest BCUT2D eigenvalue weighted by atomic mass is 9.54. The van der Waals surface area contributed by atoms with Crippen molar-refractivity contribution in [3.63, 3.8) is 0 Å². The molecule has 5 aliphatic rings. The minimum Gasteiger partial charge on any atom is -0.297 e. The maximum atomic E-state index is 13.4. The number of fused-ring (bicyclic) bond motifs is 1. The molecule has 2 heterocycles. The molecule has 1 aliphatic heterocycles. The molecule has 6 heteroatoms. The minimum absolute atomic E-state index is 0.346. The number of rotatable bonds is 3. The first-order valence-electron chi connectivity index (χ1n) is 11.2. The number of hydrogen-bond donors (Lipinski definition) is 0. The fraction of sp³-hybridized carbons (Fsp3) is 0.609. The third-order valence-electron chi connectivity index (χ3n) is 8.09. The summed E-state index contributed by atoms with van der Waals surface area (Å²) in [5, 5.41) is 0.876. The molecule has 4 aliphatic carbocycles. The van der Waals surface area contributed by atoms with Crippen LogP contribution in [0.3, 0.4) is 0 Å². The van der Waals surface area contributed by atoms with E-state index >= 15 is 0 Å². The zero-order valence-electron chi connectivity index (χ0n) is 16.8. The Kier molecular flexibility index (Phi) is 4.26. The van der Waals surface area contributed by atoms with Crippen molar-refractivity contribution >= 4 is 20.9 Å². The van der Waals surface area contributed by atoms with Gasteiger partial charge in [0.25, 0.3) is 0 Å². The summed E-state index contributed by atoms with van der Waals surface area (Å²) in [6.45, 7) is 2.91. The monoisotopic (exact) mass is 411 g/mol. The zero-order chi connectivity index (χ0) is 19.6. The first-order chi connectivity index (χ1) is 14.1. The SMILES string of the molecule is O=S(=O)(c1cccc2cccnc12)N1CCN(C2C3CC4CC(C3)CC2C4)CC1. The van der Waals surface area contributed by atoms with Crippen molar-refractivity contribution in [3.05, 3.63) is 36.5 Å². The molecule has 154 valence electrons. The lowest BCUT2D eigenvalue weighted by Crippen LogP contribution is -2.60. The summed E-state index contributed by atoms with van der Waals surface area (Å²) < 4.78 is 28.5. The van der Waals surface area contributed by atoms with Crippen molar-refractivity contribution in [3.8, 4) is 0 Å². The van der Waals surface area contributed by atoms with E-state index in [0.717, 1.165) is 42.1 Å². The predicted octanol–water partition coefficient (Wildman–Crippen LogP) is 3.37. The Hall–Kier alpha value is -1.50. The number of pyridine rings is 1. The van der Waals surface area contributed by atoms with E-state index < -0.39 is 10.0 Å². The average Bonchev–Trinajstić information content (AvgIpc) is 2.73. The van der Waals surface area contributed by atoms with Gasteiger partial charge in [-0.05, 0) is 67.9 Å². The molecule has 0 amide bonds. The van der Waals surface area contributed by atoms with Gasteiger partial charge in [0.05, 0.1) is 5.52 Å². The first kappa shape index (κ1) is 18.3. The number of piperazine rings is 1. The number of benzene rings is 1. The molecular weight excluding hydrogens is 382 g/mol. The normalized spacial score (nSPS) is 35.4. The molecular formula is C23H29N3O2S. The standard InChI is InChI=1S/C23H29N3O2S/c27-29(28,21-5-1-3-18-4-2-6-24-22(18)21)26-9-7-25(8-10-26)23-19-12-16-11-17(14-19)15-20(23)13-16/h1-6,16-17,19-20,23H,7-15H2. The van der Waals surface area contributed by atoms with Crippen molar-refractivity contribution < 1.29 is 8.42 Å². The van der Waals surface area contributed by atoms with Gasteiger partial charge in [-0.1, -0.05) is 18.2 Å². The van der Waals surface area contributed by atoms with Crippen LogP contribution < -0.4 is 0 Å². The van der Waals surface area contributed by atoms with Crippen molar-refractivity contribution in [2.24, 2.45) is 23.7 Å². The molecule has 7 rings (SSSR count). The fourth-order valence-corrected chi connectivity index (χ4v) is 8.75. The third-order valence-corrected chi connectivity index (χ3v) is 10.0. The maximum Gasteiger partial charge on any atom is 0.245 e. The van der Waals surface area contributed by atoms with Gasteiger partial charge in [-0.2, -0.15) is 4.31 Å². The molecule has 0 unspecified atom stereocenters. The Balaban J connectivity index is 1.21. The van der Waals surface area contributed by atoms with Gasteiger partial charge in [-0.3, -0.25) is 9.88 Å². The molecule has 5 nitrogen and oxygen atoms in total. The quantitative estimate of drug-likeness (QED) is 0.777. The molecule has 1 aromatic carbocycles. The van der Waals surface area contributed by atoms with Crippen LogP contribution in [0.1, 0.15) is 32.1 Å². The smallest absolute Gasteiger partial charge is 0.245 e. The van der Waals surface area contributed by atoms with Crippen LogP contribution in [0.15, 0.2) is 41.4 Å². The van der Waals surface area contributed by atoms with E-state index in [9.17, 15) is 8.42 Å². The molecule has 0 radical (unpaired) electrons. The van der Waals surface area contributed by atoms with E-state index in [-0.39, 0.29) is 0 Å². The van der Waals surface area contributed by atoms with E-state index in [2.05, 4.69) is 9.88 Å². The lowest BCUT2D eigenvalue weighted by Gasteiger charge is -2.58. The van der Waals surface area contributed by atoms with Crippen LogP contribution in [0, 0.1) is 23.7 Å². The van der Waals surface area contributed by atoms with Crippen molar-refractivity contribution in [1.29, 1.82) is 0 Å². The molecule has 0 spiro atoms. The summed E-state index contributed by atoms with van der Waals surface area (Å²) in [5.74, 6) is 3.68. The summed E-state index contributed by atoms with van der Waals surface area (Å²) in [6.07, 6.45) is 8.81. The van der Waals surface area contributed by atoms with E-state index in [0.29, 0.717) is 29.5 Å². The maximum absolute atomic E-state index is 13.4. The topological polar surface area (TPSA) is 53.5 Å². The third kappa shape index (κ3) is 2.94. The highest BCUT2D eigenvalue weighted by Crippen LogP contribution is 2.55. The van der Waals surface area contributed by atoms with Gasteiger partial charge in [0.2, 0.25) is 10.0 Å². The van der Waals surface area contributed by atoms with Gasteiger partial charge in [-0.25, -0.2) is 8.42 Å². The second-order valence-electron chi connectivity index (χ2n) is 9.69. The first-order valence-corrected chi connectivity index (χ1v) is 12.6. The van der Waals surface area contributed by atoms with Crippen LogP contribution in [-0.4, -0.2) is 54.8 Å². The fourth-order valence-electron chi connectivity index (χ4n) is 7.16. The molecule has 29 heavy (non-hydrogen) atoms. The highest BCUT2D eigenvalue weighted by molar-refractivity contribution is 7.89. The molecule has 5 fully saturated rings. The molecule has 4 bridgehead atoms. The Morgan fingerprint density at radius 3 is 2.17 bits per heavy atom. The van der Waals surface area contributed by atoms with Crippen molar-refractivity contribution in [2.45, 2.75) is 43.0 Å². The highest BCUT2D eigenvalue weighted by atomic mass is 32.2. The van der Waals surface area contributed by atoms with Crippen LogP contribution in [0.4, 0.5) is 0 Å². The highest BCUT2D eigenvalue weighted by Gasteiger charge is 2.50. The lowest BCUT2D eigenvalue weighted by molar-refractivity contribution is -0.0720. The second kappa shape index (κ2) is 6.76. The Labute approximate surface area is 173 Å². The van der Waals surface area contributed by atoms with E-state index in [1.54, 1.807) is 16.6 Å². The van der Waals surface area contributed by atoms with Gasteiger partial charge >= 0.3 is 0 Å². The number of aromatic nitrogens is 1. The van der Waals surface area contributed by atoms with Crippen molar-refractivity contribution in [1.82, 2.24) is 14.2 Å². The largest absolute Gasteiger partial charge is 0.297 e. The molecule has 4 saturated carbocycles. The number of sulfonamides is 1. The molecule has 0 atom stereocenters. The Bertz CT molecular complexity index is 996. The van der Waals surface area contributed by atoms with E-state index in [4.69, 9.17) is 0 Å². The molecule has 0 N–H and O–H groups in total. The van der Waals surface area contributed by atoms with Crippen LogP contribution in [0.5, 0.6) is 0 Å². The van der Waals surface area contributed by atoms with Gasteiger partial charge in [0.15, 0.2) is 0 Å². The summed E-state index contributed by atoms with van der Waals surface area (Å²) in [6, 6.07) is 9.92. The number of nitrogens with zero attached hydrogens (tertiary/aromatic N) is 3. The second-order valence-corrected chi connectivity index (χ2v) is 11.6. The number of hydrogen-bond acceptors (Lipinski definition) is 4. The summed E-state index contributed by atoms with van der Waals surface area (Å²) in [5.41, 5.74) is 0.582. The Morgan fingerprint density at radius 2 is 1.48 bits per heavy atom. The number of para-hydroxylation sites is 1. The zero-order valence-corrected chi connectivity index (χ0v) is 17.6. The Morgan fingerprint density at radius 1 is 0.828 bits per heavy atom. The molecule has 2 aromatic rings. The average molecular weight is 412 g/mol. The van der Waals surface area contributed by atoms with Crippen LogP contribution in [0.2, 0.25) is 0 Å². The van der Waals surface area contributed by atoms with Gasteiger partial charge in [0, 0.05) is 43.8 Å². The van der Waals surface area contributed by atoms with Gasteiger partial charge in [-0.15, -0.1) is 0 Å². The summed E-state index contributed by atoms with van der Waals surface area (Å²) >= 11 is 0. The minimum atomic E-state index is -3.52. The molecule has 1 saturated heterocycles. The van der Waals surface area contributed by atoms with Gasteiger partial charge < -0.3 is 0 Å². The van der Waals surface area contributed by atoms with E-state index in [1.807, 2.05) is 24.3 Å². The van der Waals surface area contributed by atoms with Crippen molar-refractivity contribution in [2.75, 3.05) is 26.2 Å².